The van der Waals surface area contributed by atoms with E-state index in [0.717, 1.165) is 17.0 Å². The first-order valence-corrected chi connectivity index (χ1v) is 9.90. The molecule has 2 heterocycles. The first kappa shape index (κ1) is 19.8. The van der Waals surface area contributed by atoms with Gasteiger partial charge in [0.05, 0.1) is 11.9 Å². The number of aromatic nitrogens is 1. The largest absolute Gasteiger partial charge is 0.489 e. The number of anilines is 1. The van der Waals surface area contributed by atoms with Crippen LogP contribution in [0.2, 0.25) is 0 Å². The van der Waals surface area contributed by atoms with E-state index in [1.54, 1.807) is 23.4 Å². The maximum Gasteiger partial charge on any atom is 0.253 e. The number of ether oxygens (including phenoxy) is 2. The van der Waals surface area contributed by atoms with Crippen LogP contribution in [-0.4, -0.2) is 41.6 Å². The van der Waals surface area contributed by atoms with Gasteiger partial charge in [0.2, 0.25) is 0 Å². The summed E-state index contributed by atoms with van der Waals surface area (Å²) in [6, 6.07) is 19.1. The van der Waals surface area contributed by atoms with Crippen LogP contribution in [0.3, 0.4) is 0 Å². The zero-order chi connectivity index (χ0) is 21.0. The van der Waals surface area contributed by atoms with Crippen molar-refractivity contribution in [1.29, 1.82) is 0 Å². The fraction of sp³-hybridized carbons (Fsp3) is 0.250. The van der Waals surface area contributed by atoms with Crippen LogP contribution < -0.4 is 14.8 Å². The van der Waals surface area contributed by atoms with Crippen molar-refractivity contribution in [3.63, 3.8) is 0 Å². The number of carbonyl (C=O) groups is 1. The molecule has 3 aromatic rings. The normalized spacial score (nSPS) is 17.3. The second kappa shape index (κ2) is 8.45. The van der Waals surface area contributed by atoms with Gasteiger partial charge in [0.1, 0.15) is 30.3 Å². The van der Waals surface area contributed by atoms with Crippen LogP contribution in [0.15, 0.2) is 73.1 Å². The van der Waals surface area contributed by atoms with Crippen LogP contribution in [0.4, 0.5) is 5.69 Å². The van der Waals surface area contributed by atoms with E-state index >= 15 is 0 Å². The Kier molecular flexibility index (Phi) is 5.57. The molecule has 0 saturated heterocycles. The molecular weight excluding hydrogens is 378 g/mol. The predicted molar refractivity (Wildman–Crippen MR) is 116 cm³/mol. The molecule has 0 fully saturated rings. The van der Waals surface area contributed by atoms with Gasteiger partial charge >= 0.3 is 0 Å². The Morgan fingerprint density at radius 1 is 1.20 bits per heavy atom. The number of hydrogen-bond donors (Lipinski definition) is 1. The Hall–Kier alpha value is -3.54. The van der Waals surface area contributed by atoms with E-state index in [2.05, 4.69) is 10.3 Å². The molecule has 1 unspecified atom stereocenters. The van der Waals surface area contributed by atoms with E-state index in [1.807, 2.05) is 68.6 Å². The molecule has 154 valence electrons. The summed E-state index contributed by atoms with van der Waals surface area (Å²) in [6.45, 7) is 3.45. The summed E-state index contributed by atoms with van der Waals surface area (Å²) in [4.78, 5) is 18.7. The molecule has 1 atom stereocenters. The highest BCUT2D eigenvalue weighted by Crippen LogP contribution is 2.34. The summed E-state index contributed by atoms with van der Waals surface area (Å²) >= 11 is 0. The van der Waals surface area contributed by atoms with E-state index in [4.69, 9.17) is 9.47 Å². The van der Waals surface area contributed by atoms with Crippen LogP contribution in [0.1, 0.15) is 22.8 Å². The van der Waals surface area contributed by atoms with Gasteiger partial charge in [0.15, 0.2) is 0 Å². The molecule has 1 N–H and O–H groups in total. The standard InChI is InChI=1S/C24H25N3O3/c1-24(16-29-20-9-6-12-25-14-20)17-30-22-11-10-19(13-21(22)26-24)23(28)27(2)15-18-7-4-3-5-8-18/h3-14,26H,15-17H2,1-2H3. The number of amides is 1. The number of benzene rings is 2. The summed E-state index contributed by atoms with van der Waals surface area (Å²) in [5.74, 6) is 1.40. The van der Waals surface area contributed by atoms with E-state index < -0.39 is 5.54 Å². The Morgan fingerprint density at radius 3 is 2.80 bits per heavy atom. The van der Waals surface area contributed by atoms with E-state index in [9.17, 15) is 4.79 Å². The third-order valence-corrected chi connectivity index (χ3v) is 5.01. The maximum atomic E-state index is 12.9. The maximum absolute atomic E-state index is 12.9. The van der Waals surface area contributed by atoms with Gasteiger partial charge in [0, 0.05) is 25.4 Å². The average Bonchev–Trinajstić information content (AvgIpc) is 2.78. The van der Waals surface area contributed by atoms with Crippen molar-refractivity contribution in [2.45, 2.75) is 19.0 Å². The molecule has 1 aliphatic heterocycles. The molecule has 0 saturated carbocycles. The minimum Gasteiger partial charge on any atom is -0.489 e. The lowest BCUT2D eigenvalue weighted by Gasteiger charge is -2.36. The minimum atomic E-state index is -0.430. The summed E-state index contributed by atoms with van der Waals surface area (Å²) in [6.07, 6.45) is 3.39. The molecule has 2 aromatic carbocycles. The minimum absolute atomic E-state index is 0.0395. The quantitative estimate of drug-likeness (QED) is 0.674. The van der Waals surface area contributed by atoms with Gasteiger partial charge in [-0.3, -0.25) is 9.78 Å². The molecule has 6 heteroatoms. The number of carbonyl (C=O) groups excluding carboxylic acids is 1. The Bertz CT molecular complexity index is 1010. The van der Waals surface area contributed by atoms with Gasteiger partial charge in [-0.1, -0.05) is 30.3 Å². The highest BCUT2D eigenvalue weighted by atomic mass is 16.5. The molecule has 1 aromatic heterocycles. The number of pyridine rings is 1. The molecule has 6 nitrogen and oxygen atoms in total. The second-order valence-corrected chi connectivity index (χ2v) is 7.81. The summed E-state index contributed by atoms with van der Waals surface area (Å²) < 4.78 is 11.8. The third-order valence-electron chi connectivity index (χ3n) is 5.01. The molecule has 1 amide bonds. The van der Waals surface area contributed by atoms with Crippen LogP contribution in [0.25, 0.3) is 0 Å². The first-order valence-electron chi connectivity index (χ1n) is 9.90. The van der Waals surface area contributed by atoms with E-state index in [-0.39, 0.29) is 5.91 Å². The zero-order valence-electron chi connectivity index (χ0n) is 17.2. The van der Waals surface area contributed by atoms with Gasteiger partial charge in [-0.25, -0.2) is 0 Å². The molecule has 30 heavy (non-hydrogen) atoms. The zero-order valence-corrected chi connectivity index (χ0v) is 17.2. The lowest BCUT2D eigenvalue weighted by Crippen LogP contribution is -2.48. The van der Waals surface area contributed by atoms with Crippen molar-refractivity contribution in [3.05, 3.63) is 84.2 Å². The van der Waals surface area contributed by atoms with Gasteiger partial charge < -0.3 is 19.7 Å². The highest BCUT2D eigenvalue weighted by Gasteiger charge is 2.32. The van der Waals surface area contributed by atoms with Gasteiger partial charge in [-0.15, -0.1) is 0 Å². The van der Waals surface area contributed by atoms with E-state index in [0.29, 0.717) is 31.1 Å². The molecule has 0 aliphatic carbocycles. The second-order valence-electron chi connectivity index (χ2n) is 7.81. The van der Waals surface area contributed by atoms with Crippen molar-refractivity contribution in [3.8, 4) is 11.5 Å². The van der Waals surface area contributed by atoms with Crippen LogP contribution in [0, 0.1) is 0 Å². The first-order chi connectivity index (χ1) is 14.5. The van der Waals surface area contributed by atoms with Crippen LogP contribution >= 0.6 is 0 Å². The fourth-order valence-corrected chi connectivity index (χ4v) is 3.39. The number of nitrogens with zero attached hydrogens (tertiary/aromatic N) is 2. The highest BCUT2D eigenvalue weighted by molar-refractivity contribution is 5.95. The molecule has 1 aliphatic rings. The lowest BCUT2D eigenvalue weighted by molar-refractivity contribution is 0.0785. The van der Waals surface area contributed by atoms with Gasteiger partial charge in [-0.2, -0.15) is 0 Å². The third kappa shape index (κ3) is 4.54. The van der Waals surface area contributed by atoms with Crippen molar-refractivity contribution in [2.75, 3.05) is 25.6 Å². The fourth-order valence-electron chi connectivity index (χ4n) is 3.39. The Balaban J connectivity index is 1.45. The molecule has 0 bridgehead atoms. The molecule has 0 radical (unpaired) electrons. The molecular formula is C24H25N3O3. The monoisotopic (exact) mass is 403 g/mol. The molecule has 4 rings (SSSR count). The van der Waals surface area contributed by atoms with Crippen molar-refractivity contribution >= 4 is 11.6 Å². The van der Waals surface area contributed by atoms with Crippen molar-refractivity contribution in [1.82, 2.24) is 9.88 Å². The average molecular weight is 403 g/mol. The number of rotatable bonds is 6. The van der Waals surface area contributed by atoms with Gasteiger partial charge in [-0.05, 0) is 42.8 Å². The van der Waals surface area contributed by atoms with Crippen LogP contribution in [-0.2, 0) is 6.54 Å². The lowest BCUT2D eigenvalue weighted by atomic mass is 10.0. The van der Waals surface area contributed by atoms with Crippen molar-refractivity contribution < 1.29 is 14.3 Å². The molecule has 0 spiro atoms. The number of nitrogens with one attached hydrogen (secondary N) is 1. The summed E-state index contributed by atoms with van der Waals surface area (Å²) in [5.41, 5.74) is 2.06. The van der Waals surface area contributed by atoms with Gasteiger partial charge in [0.25, 0.3) is 5.91 Å². The number of fused-ring (bicyclic) bond motifs is 1. The number of hydrogen-bond acceptors (Lipinski definition) is 5. The summed E-state index contributed by atoms with van der Waals surface area (Å²) in [7, 11) is 1.81. The Morgan fingerprint density at radius 2 is 2.03 bits per heavy atom. The Labute approximate surface area is 176 Å². The summed E-state index contributed by atoms with van der Waals surface area (Å²) in [5, 5.41) is 3.49. The smallest absolute Gasteiger partial charge is 0.253 e. The van der Waals surface area contributed by atoms with Crippen LogP contribution in [0.5, 0.6) is 11.5 Å². The topological polar surface area (TPSA) is 63.7 Å². The van der Waals surface area contributed by atoms with Crippen molar-refractivity contribution in [2.24, 2.45) is 0 Å². The predicted octanol–water partition coefficient (Wildman–Crippen LogP) is 4.00. The SMILES string of the molecule is CN(Cc1ccccc1)C(=O)c1ccc2c(c1)NC(C)(COc1cccnc1)CO2. The van der Waals surface area contributed by atoms with E-state index in [1.165, 1.54) is 0 Å².